The van der Waals surface area contributed by atoms with Gasteiger partial charge in [-0.1, -0.05) is 25.6 Å². The van der Waals surface area contributed by atoms with Crippen molar-refractivity contribution in [1.29, 1.82) is 0 Å². The summed E-state index contributed by atoms with van der Waals surface area (Å²) >= 11 is 3.56. The van der Waals surface area contributed by atoms with Crippen molar-refractivity contribution in [2.24, 2.45) is 5.92 Å². The second-order valence-corrected chi connectivity index (χ2v) is 8.03. The SMILES string of the molecule is CSc1nnc(CCCNC(=O)c2ccc(F)cc2I)n1CC(C)C. The molecule has 0 radical (unpaired) electrons. The van der Waals surface area contributed by atoms with Gasteiger partial charge in [0.15, 0.2) is 5.16 Å². The molecule has 2 aromatic rings. The van der Waals surface area contributed by atoms with Gasteiger partial charge in [0.25, 0.3) is 5.91 Å². The summed E-state index contributed by atoms with van der Waals surface area (Å²) in [5.74, 6) is 0.942. The number of amides is 1. The number of carbonyl (C=O) groups excluding carboxylic acids is 1. The number of hydrogen-bond donors (Lipinski definition) is 1. The van der Waals surface area contributed by atoms with Crippen molar-refractivity contribution < 1.29 is 9.18 Å². The summed E-state index contributed by atoms with van der Waals surface area (Å²) in [6, 6.07) is 4.17. The van der Waals surface area contributed by atoms with E-state index in [1.165, 1.54) is 18.2 Å². The Morgan fingerprint density at radius 1 is 1.40 bits per heavy atom. The van der Waals surface area contributed by atoms with Crippen LogP contribution in [0.5, 0.6) is 0 Å². The molecule has 1 amide bonds. The van der Waals surface area contributed by atoms with Crippen LogP contribution in [-0.4, -0.2) is 33.5 Å². The predicted molar refractivity (Wildman–Crippen MR) is 106 cm³/mol. The van der Waals surface area contributed by atoms with Crippen molar-refractivity contribution in [2.45, 2.75) is 38.4 Å². The van der Waals surface area contributed by atoms with Crippen molar-refractivity contribution in [3.63, 3.8) is 0 Å². The molecule has 5 nitrogen and oxygen atoms in total. The van der Waals surface area contributed by atoms with Crippen molar-refractivity contribution in [3.05, 3.63) is 39.0 Å². The van der Waals surface area contributed by atoms with E-state index < -0.39 is 0 Å². The van der Waals surface area contributed by atoms with Gasteiger partial charge >= 0.3 is 0 Å². The lowest BCUT2D eigenvalue weighted by Crippen LogP contribution is -2.26. The third kappa shape index (κ3) is 5.67. The summed E-state index contributed by atoms with van der Waals surface area (Å²) in [6.07, 6.45) is 3.52. The van der Waals surface area contributed by atoms with Crippen molar-refractivity contribution >= 4 is 40.3 Å². The molecule has 0 aliphatic rings. The highest BCUT2D eigenvalue weighted by Crippen LogP contribution is 2.17. The van der Waals surface area contributed by atoms with Gasteiger partial charge in [-0.2, -0.15) is 0 Å². The molecule has 25 heavy (non-hydrogen) atoms. The van der Waals surface area contributed by atoms with Gasteiger partial charge < -0.3 is 9.88 Å². The van der Waals surface area contributed by atoms with Crippen LogP contribution in [0.4, 0.5) is 4.39 Å². The number of aromatic nitrogens is 3. The number of halogens is 2. The fraction of sp³-hybridized carbons (Fsp3) is 0.471. The van der Waals surface area contributed by atoms with E-state index in [0.717, 1.165) is 30.4 Å². The standard InChI is InChI=1S/C17H22FIN4OS/c1-11(2)10-23-15(21-22-17(23)25-3)5-4-8-20-16(24)13-7-6-12(18)9-14(13)19/h6-7,9,11H,4-5,8,10H2,1-3H3,(H,20,24). The Morgan fingerprint density at radius 2 is 2.16 bits per heavy atom. The maximum atomic E-state index is 13.1. The van der Waals surface area contributed by atoms with Crippen LogP contribution in [-0.2, 0) is 13.0 Å². The first-order chi connectivity index (χ1) is 11.9. The van der Waals surface area contributed by atoms with E-state index >= 15 is 0 Å². The minimum atomic E-state index is -0.338. The molecule has 0 aliphatic carbocycles. The summed E-state index contributed by atoms with van der Waals surface area (Å²) in [5, 5.41) is 12.3. The van der Waals surface area contributed by atoms with Crippen LogP contribution < -0.4 is 5.32 Å². The Bertz CT molecular complexity index is 735. The molecule has 0 aliphatic heterocycles. The Hall–Kier alpha value is -1.16. The average Bonchev–Trinajstić information content (AvgIpc) is 2.92. The average molecular weight is 476 g/mol. The van der Waals surface area contributed by atoms with Gasteiger partial charge in [0.05, 0.1) is 5.56 Å². The minimum Gasteiger partial charge on any atom is -0.352 e. The van der Waals surface area contributed by atoms with Crippen LogP contribution >= 0.6 is 34.4 Å². The van der Waals surface area contributed by atoms with Crippen molar-refractivity contribution in [3.8, 4) is 0 Å². The topological polar surface area (TPSA) is 59.8 Å². The van der Waals surface area contributed by atoms with Crippen molar-refractivity contribution in [2.75, 3.05) is 12.8 Å². The zero-order valence-electron chi connectivity index (χ0n) is 14.6. The maximum Gasteiger partial charge on any atom is 0.252 e. The summed E-state index contributed by atoms with van der Waals surface area (Å²) in [5.41, 5.74) is 0.495. The molecule has 1 aromatic carbocycles. The summed E-state index contributed by atoms with van der Waals surface area (Å²) in [6.45, 7) is 5.75. The maximum absolute atomic E-state index is 13.1. The molecule has 1 N–H and O–H groups in total. The molecule has 0 saturated carbocycles. The lowest BCUT2D eigenvalue weighted by Gasteiger charge is -2.12. The van der Waals surface area contributed by atoms with Crippen LogP contribution in [0.3, 0.4) is 0 Å². The number of nitrogens with one attached hydrogen (secondary N) is 1. The van der Waals surface area contributed by atoms with E-state index in [4.69, 9.17) is 0 Å². The van der Waals surface area contributed by atoms with Crippen LogP contribution in [0.15, 0.2) is 23.4 Å². The molecule has 136 valence electrons. The van der Waals surface area contributed by atoms with Gasteiger partial charge in [-0.15, -0.1) is 10.2 Å². The number of aryl methyl sites for hydroxylation is 1. The Balaban J connectivity index is 1.89. The first-order valence-electron chi connectivity index (χ1n) is 8.11. The molecule has 1 heterocycles. The largest absolute Gasteiger partial charge is 0.352 e. The second-order valence-electron chi connectivity index (χ2n) is 6.09. The van der Waals surface area contributed by atoms with Gasteiger partial charge in [-0.3, -0.25) is 4.79 Å². The van der Waals surface area contributed by atoms with E-state index in [1.54, 1.807) is 11.8 Å². The number of carbonyl (C=O) groups is 1. The van der Waals surface area contributed by atoms with Crippen LogP contribution in [0.1, 0.15) is 36.5 Å². The smallest absolute Gasteiger partial charge is 0.252 e. The number of nitrogens with zero attached hydrogens (tertiary/aromatic N) is 3. The van der Waals surface area contributed by atoms with E-state index in [2.05, 4.69) is 33.9 Å². The van der Waals surface area contributed by atoms with E-state index in [0.29, 0.717) is 21.6 Å². The van der Waals surface area contributed by atoms with Gasteiger partial charge in [0.1, 0.15) is 11.6 Å². The van der Waals surface area contributed by atoms with Gasteiger partial charge in [0, 0.05) is 23.1 Å². The summed E-state index contributed by atoms with van der Waals surface area (Å²) in [4.78, 5) is 12.2. The molecule has 0 saturated heterocycles. The van der Waals surface area contributed by atoms with Gasteiger partial charge in [0.2, 0.25) is 0 Å². The molecule has 2 rings (SSSR count). The zero-order valence-corrected chi connectivity index (χ0v) is 17.5. The second kappa shape index (κ2) is 9.51. The molecule has 0 fully saturated rings. The van der Waals surface area contributed by atoms with E-state index in [-0.39, 0.29) is 11.7 Å². The molecule has 8 heteroatoms. The quantitative estimate of drug-likeness (QED) is 0.358. The van der Waals surface area contributed by atoms with Crippen LogP contribution in [0, 0.1) is 15.3 Å². The lowest BCUT2D eigenvalue weighted by atomic mass is 10.2. The zero-order chi connectivity index (χ0) is 18.4. The Kier molecular flexibility index (Phi) is 7.67. The predicted octanol–water partition coefficient (Wildman–Crippen LogP) is 3.76. The highest BCUT2D eigenvalue weighted by Gasteiger charge is 2.13. The lowest BCUT2D eigenvalue weighted by molar-refractivity contribution is 0.0952. The third-order valence-electron chi connectivity index (χ3n) is 3.56. The summed E-state index contributed by atoms with van der Waals surface area (Å²) < 4.78 is 15.9. The van der Waals surface area contributed by atoms with Gasteiger partial charge in [-0.05, 0) is 59.4 Å². The monoisotopic (exact) mass is 476 g/mol. The molecular formula is C17H22FIN4OS. The molecule has 0 unspecified atom stereocenters. The highest BCUT2D eigenvalue weighted by atomic mass is 127. The Morgan fingerprint density at radius 3 is 2.80 bits per heavy atom. The number of rotatable bonds is 8. The summed E-state index contributed by atoms with van der Waals surface area (Å²) in [7, 11) is 0. The Labute approximate surface area is 165 Å². The number of hydrogen-bond acceptors (Lipinski definition) is 4. The fourth-order valence-electron chi connectivity index (χ4n) is 2.42. The van der Waals surface area contributed by atoms with E-state index in [9.17, 15) is 9.18 Å². The normalized spacial score (nSPS) is 11.1. The molecule has 1 aromatic heterocycles. The van der Waals surface area contributed by atoms with Gasteiger partial charge in [-0.25, -0.2) is 4.39 Å². The minimum absolute atomic E-state index is 0.183. The highest BCUT2D eigenvalue weighted by molar-refractivity contribution is 14.1. The fourth-order valence-corrected chi connectivity index (χ4v) is 3.67. The first-order valence-corrected chi connectivity index (χ1v) is 10.4. The van der Waals surface area contributed by atoms with Crippen LogP contribution in [0.25, 0.3) is 0 Å². The third-order valence-corrected chi connectivity index (χ3v) is 5.12. The van der Waals surface area contributed by atoms with E-state index in [1.807, 2.05) is 28.8 Å². The van der Waals surface area contributed by atoms with Crippen LogP contribution in [0.2, 0.25) is 0 Å². The molecular weight excluding hydrogens is 454 g/mol. The molecule has 0 spiro atoms. The number of thioether (sulfide) groups is 1. The molecule has 0 bridgehead atoms. The first kappa shape index (κ1) is 20.2. The molecule has 0 atom stereocenters. The van der Waals surface area contributed by atoms with Crippen molar-refractivity contribution in [1.82, 2.24) is 20.1 Å². The number of benzene rings is 1.